The Morgan fingerprint density at radius 2 is 1.78 bits per heavy atom. The minimum absolute atomic E-state index is 0.112. The van der Waals surface area contributed by atoms with Crippen LogP contribution in [0.15, 0.2) is 36.4 Å². The van der Waals surface area contributed by atoms with E-state index < -0.39 is 0 Å². The maximum Gasteiger partial charge on any atom is 0.242 e. The van der Waals surface area contributed by atoms with Crippen molar-refractivity contribution in [3.8, 4) is 17.2 Å². The number of para-hydroxylation sites is 1. The number of aromatic amines is 1. The van der Waals surface area contributed by atoms with E-state index in [0.717, 1.165) is 22.2 Å². The Bertz CT molecular complexity index is 1170. The molecule has 1 saturated heterocycles. The number of H-pyrrole nitrogens is 1. The van der Waals surface area contributed by atoms with Crippen LogP contribution in [-0.4, -0.2) is 60.1 Å². The molecule has 8 heteroatoms. The minimum atomic E-state index is -0.332. The van der Waals surface area contributed by atoms with Crippen molar-refractivity contribution < 1.29 is 19.0 Å². The smallest absolute Gasteiger partial charge is 0.242 e. The van der Waals surface area contributed by atoms with Crippen molar-refractivity contribution >= 4 is 29.4 Å². The minimum Gasteiger partial charge on any atom is -0.493 e. The summed E-state index contributed by atoms with van der Waals surface area (Å²) >= 11 is 4.88. The van der Waals surface area contributed by atoms with Gasteiger partial charge in [-0.1, -0.05) is 18.2 Å². The van der Waals surface area contributed by atoms with E-state index in [-0.39, 0.29) is 23.5 Å². The van der Waals surface area contributed by atoms with Gasteiger partial charge in [-0.05, 0) is 42.7 Å². The molecule has 5 rings (SSSR count). The molecule has 0 bridgehead atoms. The Morgan fingerprint density at radius 1 is 1.09 bits per heavy atom. The standard InChI is InChI=1S/C24H27N3O4S/c1-5-26-23(28)17-12-15-14-8-6-7-9-16(14)25-20(15)21(27(17)24(26)32)13-10-18(29-2)22(31-4)19(11-13)30-3/h6-11,17,21,24-25,32H,5,12H2,1-4H3. The molecule has 2 aliphatic heterocycles. The van der Waals surface area contributed by atoms with Gasteiger partial charge in [0.25, 0.3) is 0 Å². The zero-order chi connectivity index (χ0) is 22.6. The van der Waals surface area contributed by atoms with E-state index in [9.17, 15) is 4.79 Å². The molecule has 1 fully saturated rings. The first-order chi connectivity index (χ1) is 15.5. The molecule has 1 amide bonds. The van der Waals surface area contributed by atoms with E-state index in [0.29, 0.717) is 30.2 Å². The summed E-state index contributed by atoms with van der Waals surface area (Å²) in [5, 5.41) is 1.15. The van der Waals surface area contributed by atoms with Gasteiger partial charge in [-0.2, -0.15) is 0 Å². The number of rotatable bonds is 5. The van der Waals surface area contributed by atoms with Crippen molar-refractivity contribution in [3.05, 3.63) is 53.2 Å². The highest BCUT2D eigenvalue weighted by Crippen LogP contribution is 2.49. The zero-order valence-corrected chi connectivity index (χ0v) is 19.5. The molecule has 168 valence electrons. The molecule has 2 aromatic carbocycles. The van der Waals surface area contributed by atoms with E-state index in [2.05, 4.69) is 22.0 Å². The van der Waals surface area contributed by atoms with Crippen molar-refractivity contribution in [3.63, 3.8) is 0 Å². The van der Waals surface area contributed by atoms with Gasteiger partial charge in [0.05, 0.1) is 33.4 Å². The Kier molecular flexibility index (Phi) is 5.22. The number of fused-ring (bicyclic) bond motifs is 4. The second-order valence-electron chi connectivity index (χ2n) is 8.06. The molecule has 7 nitrogen and oxygen atoms in total. The number of hydrogen-bond acceptors (Lipinski definition) is 6. The van der Waals surface area contributed by atoms with Gasteiger partial charge in [-0.25, -0.2) is 4.90 Å². The monoisotopic (exact) mass is 453 g/mol. The molecule has 0 aliphatic carbocycles. The number of aromatic nitrogens is 1. The predicted octanol–water partition coefficient (Wildman–Crippen LogP) is 3.59. The van der Waals surface area contributed by atoms with Crippen molar-refractivity contribution in [1.29, 1.82) is 0 Å². The highest BCUT2D eigenvalue weighted by Gasteiger charge is 2.51. The highest BCUT2D eigenvalue weighted by atomic mass is 32.1. The second-order valence-corrected chi connectivity index (χ2v) is 8.52. The number of hydrogen-bond donors (Lipinski definition) is 2. The van der Waals surface area contributed by atoms with Crippen LogP contribution < -0.4 is 14.2 Å². The molecule has 3 unspecified atom stereocenters. The maximum absolute atomic E-state index is 13.3. The normalized spacial score (nSPS) is 22.7. The molecule has 3 atom stereocenters. The Labute approximate surface area is 192 Å². The average molecular weight is 454 g/mol. The number of ether oxygens (including phenoxy) is 3. The van der Waals surface area contributed by atoms with Gasteiger partial charge in [-0.3, -0.25) is 4.79 Å². The van der Waals surface area contributed by atoms with Gasteiger partial charge in [0.15, 0.2) is 11.5 Å². The highest BCUT2D eigenvalue weighted by molar-refractivity contribution is 7.80. The third-order valence-electron chi connectivity index (χ3n) is 6.63. The van der Waals surface area contributed by atoms with Crippen LogP contribution in [0.2, 0.25) is 0 Å². The number of benzene rings is 2. The maximum atomic E-state index is 13.3. The fourth-order valence-electron chi connectivity index (χ4n) is 5.19. The molecule has 2 aliphatic rings. The molecular formula is C24H27N3O4S. The number of amides is 1. The molecule has 0 saturated carbocycles. The lowest BCUT2D eigenvalue weighted by Gasteiger charge is -2.39. The largest absolute Gasteiger partial charge is 0.493 e. The van der Waals surface area contributed by atoms with E-state index in [4.69, 9.17) is 26.8 Å². The van der Waals surface area contributed by atoms with E-state index >= 15 is 0 Å². The van der Waals surface area contributed by atoms with E-state index in [1.54, 1.807) is 21.3 Å². The van der Waals surface area contributed by atoms with Crippen LogP contribution in [0.1, 0.15) is 29.8 Å². The summed E-state index contributed by atoms with van der Waals surface area (Å²) in [7, 11) is 4.81. The number of methoxy groups -OCH3 is 3. The van der Waals surface area contributed by atoms with Crippen LogP contribution >= 0.6 is 12.6 Å². The van der Waals surface area contributed by atoms with Crippen LogP contribution in [0.25, 0.3) is 10.9 Å². The molecule has 3 aromatic rings. The molecular weight excluding hydrogens is 426 g/mol. The summed E-state index contributed by atoms with van der Waals surface area (Å²) < 4.78 is 16.8. The van der Waals surface area contributed by atoms with Crippen LogP contribution in [0.3, 0.4) is 0 Å². The van der Waals surface area contributed by atoms with Crippen molar-refractivity contribution in [1.82, 2.24) is 14.8 Å². The van der Waals surface area contributed by atoms with Gasteiger partial charge >= 0.3 is 0 Å². The fourth-order valence-corrected chi connectivity index (χ4v) is 5.77. The first-order valence-corrected chi connectivity index (χ1v) is 11.2. The Balaban J connectivity index is 1.76. The number of nitrogens with zero attached hydrogens (tertiary/aromatic N) is 2. The average Bonchev–Trinajstić information content (AvgIpc) is 3.31. The van der Waals surface area contributed by atoms with Crippen molar-refractivity contribution in [2.45, 2.75) is 30.9 Å². The number of nitrogens with one attached hydrogen (secondary N) is 1. The summed E-state index contributed by atoms with van der Waals surface area (Å²) in [6.07, 6.45) is 0.646. The van der Waals surface area contributed by atoms with Crippen LogP contribution in [-0.2, 0) is 11.2 Å². The lowest BCUT2D eigenvalue weighted by molar-refractivity contribution is -0.129. The van der Waals surface area contributed by atoms with Gasteiger partial charge in [0.1, 0.15) is 5.50 Å². The quantitative estimate of drug-likeness (QED) is 0.578. The Hall–Kier alpha value is -2.84. The molecule has 1 aromatic heterocycles. The van der Waals surface area contributed by atoms with Crippen LogP contribution in [0.5, 0.6) is 17.2 Å². The Morgan fingerprint density at radius 3 is 2.41 bits per heavy atom. The summed E-state index contributed by atoms with van der Waals surface area (Å²) in [6.45, 7) is 2.60. The number of likely N-dealkylation sites (N-methyl/N-ethyl adjacent to an activating group) is 1. The summed E-state index contributed by atoms with van der Waals surface area (Å²) in [4.78, 5) is 21.0. The van der Waals surface area contributed by atoms with E-state index in [1.807, 2.05) is 36.1 Å². The lowest BCUT2D eigenvalue weighted by Crippen LogP contribution is -2.44. The van der Waals surface area contributed by atoms with Crippen molar-refractivity contribution in [2.24, 2.45) is 0 Å². The predicted molar refractivity (Wildman–Crippen MR) is 126 cm³/mol. The first-order valence-electron chi connectivity index (χ1n) is 10.7. The molecule has 3 heterocycles. The zero-order valence-electron chi connectivity index (χ0n) is 18.6. The SMILES string of the molecule is CCN1C(=O)C2Cc3c([nH]c4ccccc34)C(c3cc(OC)c(OC)c(OC)c3)N2C1S. The third kappa shape index (κ3) is 2.89. The first kappa shape index (κ1) is 21.0. The van der Waals surface area contributed by atoms with Gasteiger partial charge in [-0.15, -0.1) is 12.6 Å². The number of carbonyl (C=O) groups is 1. The second kappa shape index (κ2) is 7.94. The number of carbonyl (C=O) groups excluding carboxylic acids is 1. The van der Waals surface area contributed by atoms with E-state index in [1.165, 1.54) is 5.56 Å². The van der Waals surface area contributed by atoms with Gasteiger partial charge in [0.2, 0.25) is 11.7 Å². The van der Waals surface area contributed by atoms with Crippen molar-refractivity contribution in [2.75, 3.05) is 27.9 Å². The molecule has 32 heavy (non-hydrogen) atoms. The molecule has 0 radical (unpaired) electrons. The summed E-state index contributed by atoms with van der Waals surface area (Å²) in [5.41, 5.74) is 3.92. The fraction of sp³-hybridized carbons (Fsp3) is 0.375. The topological polar surface area (TPSA) is 67.0 Å². The summed E-state index contributed by atoms with van der Waals surface area (Å²) in [6, 6.07) is 11.7. The third-order valence-corrected chi connectivity index (χ3v) is 7.18. The van der Waals surface area contributed by atoms with Gasteiger partial charge in [0, 0.05) is 23.1 Å². The van der Waals surface area contributed by atoms with Gasteiger partial charge < -0.3 is 24.1 Å². The molecule has 0 spiro atoms. The summed E-state index contributed by atoms with van der Waals surface area (Å²) in [5.74, 6) is 1.81. The van der Waals surface area contributed by atoms with Crippen LogP contribution in [0, 0.1) is 0 Å². The molecule has 1 N–H and O–H groups in total. The number of thiol groups is 1. The van der Waals surface area contributed by atoms with Crippen LogP contribution in [0.4, 0.5) is 0 Å². The lowest BCUT2D eigenvalue weighted by atomic mass is 9.88.